The molecule has 1 atom stereocenters. The topological polar surface area (TPSA) is 9.23 Å². The molecular formula is C30H22OS. The summed E-state index contributed by atoms with van der Waals surface area (Å²) in [6.07, 6.45) is 1.06. The van der Waals surface area contributed by atoms with Crippen molar-refractivity contribution >= 4 is 11.3 Å². The Balaban J connectivity index is 1.19. The lowest BCUT2D eigenvalue weighted by Crippen LogP contribution is -2.02. The quantitative estimate of drug-likeness (QED) is 0.278. The standard InChI is InChI=1S/C30H22OS/c1-2-6-21(7-3-1)22-10-14-24(15-11-22)29-18-19-30(32-29)25-16-12-23(13-17-25)28-20-26-8-4-5-9-27(26)31-28/h1-19,28H,20H2. The summed E-state index contributed by atoms with van der Waals surface area (Å²) in [4.78, 5) is 2.58. The molecule has 0 N–H and O–H groups in total. The Morgan fingerprint density at radius 3 is 1.78 bits per heavy atom. The van der Waals surface area contributed by atoms with E-state index in [1.165, 1.54) is 43.1 Å². The van der Waals surface area contributed by atoms with Crippen LogP contribution in [0, 0.1) is 0 Å². The van der Waals surface area contributed by atoms with Gasteiger partial charge in [-0.3, -0.25) is 0 Å². The van der Waals surface area contributed by atoms with Crippen molar-refractivity contribution in [2.45, 2.75) is 12.5 Å². The Labute approximate surface area is 192 Å². The zero-order chi connectivity index (χ0) is 21.3. The molecule has 6 rings (SSSR count). The Bertz CT molecular complexity index is 1320. The van der Waals surface area contributed by atoms with E-state index in [-0.39, 0.29) is 6.10 Å². The van der Waals surface area contributed by atoms with Crippen LogP contribution < -0.4 is 4.74 Å². The molecular weight excluding hydrogens is 408 g/mol. The van der Waals surface area contributed by atoms with E-state index < -0.39 is 0 Å². The van der Waals surface area contributed by atoms with Crippen molar-refractivity contribution in [2.75, 3.05) is 0 Å². The smallest absolute Gasteiger partial charge is 0.128 e. The minimum Gasteiger partial charge on any atom is -0.485 e. The minimum atomic E-state index is 0.114. The molecule has 0 amide bonds. The molecule has 1 aliphatic heterocycles. The van der Waals surface area contributed by atoms with Gasteiger partial charge in [0.15, 0.2) is 0 Å². The number of hydrogen-bond donors (Lipinski definition) is 0. The highest BCUT2D eigenvalue weighted by atomic mass is 32.1. The predicted octanol–water partition coefficient (Wildman–Crippen LogP) is 8.43. The maximum atomic E-state index is 6.14. The fourth-order valence-electron chi connectivity index (χ4n) is 4.34. The molecule has 1 nitrogen and oxygen atoms in total. The van der Waals surface area contributed by atoms with Gasteiger partial charge in [0, 0.05) is 16.2 Å². The number of para-hydroxylation sites is 1. The van der Waals surface area contributed by atoms with E-state index in [1.807, 2.05) is 17.4 Å². The molecule has 1 aromatic heterocycles. The van der Waals surface area contributed by atoms with Crippen LogP contribution in [0.4, 0.5) is 0 Å². The second-order valence-corrected chi connectivity index (χ2v) is 9.23. The van der Waals surface area contributed by atoms with Crippen molar-refractivity contribution < 1.29 is 4.74 Å². The fraction of sp³-hybridized carbons (Fsp3) is 0.0667. The molecule has 4 aromatic carbocycles. The summed E-state index contributed by atoms with van der Waals surface area (Å²) in [6, 6.07) is 41.0. The highest BCUT2D eigenvalue weighted by Crippen LogP contribution is 2.38. The molecule has 0 aliphatic carbocycles. The number of thiophene rings is 1. The molecule has 32 heavy (non-hydrogen) atoms. The van der Waals surface area contributed by atoms with Crippen molar-refractivity contribution in [1.82, 2.24) is 0 Å². The molecule has 1 unspecified atom stereocenters. The van der Waals surface area contributed by atoms with Crippen molar-refractivity contribution in [2.24, 2.45) is 0 Å². The Morgan fingerprint density at radius 1 is 0.531 bits per heavy atom. The molecule has 5 aromatic rings. The minimum absolute atomic E-state index is 0.114. The van der Waals surface area contributed by atoms with Gasteiger partial charge >= 0.3 is 0 Å². The predicted molar refractivity (Wildman–Crippen MR) is 134 cm³/mol. The fourth-order valence-corrected chi connectivity index (χ4v) is 5.35. The highest BCUT2D eigenvalue weighted by Gasteiger charge is 2.23. The van der Waals surface area contributed by atoms with Crippen LogP contribution in [0.15, 0.2) is 115 Å². The molecule has 0 bridgehead atoms. The monoisotopic (exact) mass is 430 g/mol. The zero-order valence-corrected chi connectivity index (χ0v) is 18.4. The van der Waals surface area contributed by atoms with E-state index in [9.17, 15) is 0 Å². The molecule has 1 aliphatic rings. The molecule has 0 radical (unpaired) electrons. The number of rotatable bonds is 4. The number of ether oxygens (including phenoxy) is 1. The average Bonchev–Trinajstić information content (AvgIpc) is 3.53. The third-order valence-electron chi connectivity index (χ3n) is 6.10. The van der Waals surface area contributed by atoms with Gasteiger partial charge in [0.25, 0.3) is 0 Å². The molecule has 0 saturated carbocycles. The molecule has 2 heteroatoms. The van der Waals surface area contributed by atoms with Crippen molar-refractivity contribution in [3.63, 3.8) is 0 Å². The second-order valence-electron chi connectivity index (χ2n) is 8.15. The number of fused-ring (bicyclic) bond motifs is 1. The van der Waals surface area contributed by atoms with E-state index >= 15 is 0 Å². The van der Waals surface area contributed by atoms with Crippen LogP contribution in [-0.2, 0) is 6.42 Å². The van der Waals surface area contributed by atoms with Crippen LogP contribution in [0.3, 0.4) is 0 Å². The van der Waals surface area contributed by atoms with E-state index in [0.717, 1.165) is 12.2 Å². The number of hydrogen-bond acceptors (Lipinski definition) is 2. The van der Waals surface area contributed by atoms with Gasteiger partial charge in [0.05, 0.1) is 0 Å². The lowest BCUT2D eigenvalue weighted by Gasteiger charge is -2.11. The van der Waals surface area contributed by atoms with Crippen LogP contribution in [-0.4, -0.2) is 0 Å². The summed E-state index contributed by atoms with van der Waals surface area (Å²) in [7, 11) is 0. The molecule has 0 saturated heterocycles. The molecule has 154 valence electrons. The zero-order valence-electron chi connectivity index (χ0n) is 17.6. The first-order valence-corrected chi connectivity index (χ1v) is 11.8. The van der Waals surface area contributed by atoms with Crippen molar-refractivity contribution in [3.05, 3.63) is 126 Å². The van der Waals surface area contributed by atoms with Crippen molar-refractivity contribution in [3.8, 4) is 37.8 Å². The van der Waals surface area contributed by atoms with Crippen LogP contribution in [0.5, 0.6) is 5.75 Å². The van der Waals surface area contributed by atoms with Gasteiger partial charge < -0.3 is 4.74 Å². The summed E-state index contributed by atoms with van der Waals surface area (Å²) in [5.41, 5.74) is 7.54. The lowest BCUT2D eigenvalue weighted by atomic mass is 10.0. The van der Waals surface area contributed by atoms with Gasteiger partial charge in [-0.15, -0.1) is 11.3 Å². The summed E-state index contributed by atoms with van der Waals surface area (Å²) in [5, 5.41) is 0. The third kappa shape index (κ3) is 3.63. The average molecular weight is 431 g/mol. The summed E-state index contributed by atoms with van der Waals surface area (Å²) >= 11 is 1.84. The Hall–Kier alpha value is -3.62. The highest BCUT2D eigenvalue weighted by molar-refractivity contribution is 7.18. The van der Waals surface area contributed by atoms with Crippen LogP contribution in [0.1, 0.15) is 17.2 Å². The lowest BCUT2D eigenvalue weighted by molar-refractivity contribution is 0.239. The van der Waals surface area contributed by atoms with Gasteiger partial charge in [-0.05, 0) is 51.6 Å². The van der Waals surface area contributed by atoms with Crippen LogP contribution in [0.2, 0.25) is 0 Å². The first-order valence-electron chi connectivity index (χ1n) is 10.9. The van der Waals surface area contributed by atoms with E-state index in [2.05, 4.69) is 109 Å². The summed E-state index contributed by atoms with van der Waals surface area (Å²) in [5.74, 6) is 1.02. The van der Waals surface area contributed by atoms with Gasteiger partial charge in [-0.25, -0.2) is 0 Å². The van der Waals surface area contributed by atoms with Crippen molar-refractivity contribution in [1.29, 1.82) is 0 Å². The van der Waals surface area contributed by atoms with Gasteiger partial charge in [-0.2, -0.15) is 0 Å². The van der Waals surface area contributed by atoms with E-state index in [4.69, 9.17) is 4.74 Å². The Kier molecular flexibility index (Phi) is 4.86. The number of benzene rings is 4. The maximum Gasteiger partial charge on any atom is 0.128 e. The molecule has 0 spiro atoms. The van der Waals surface area contributed by atoms with E-state index in [1.54, 1.807) is 0 Å². The largest absolute Gasteiger partial charge is 0.485 e. The second kappa shape index (κ2) is 8.14. The Morgan fingerprint density at radius 2 is 1.09 bits per heavy atom. The molecule has 0 fully saturated rings. The normalized spacial score (nSPS) is 14.7. The van der Waals surface area contributed by atoms with Gasteiger partial charge in [0.2, 0.25) is 0 Å². The summed E-state index contributed by atoms with van der Waals surface area (Å²) in [6.45, 7) is 0. The third-order valence-corrected chi connectivity index (χ3v) is 7.28. The first kappa shape index (κ1) is 19.1. The maximum absolute atomic E-state index is 6.14. The van der Waals surface area contributed by atoms with E-state index in [0.29, 0.717) is 0 Å². The SMILES string of the molecule is c1ccc(-c2ccc(-c3ccc(-c4ccc(C5Cc6ccccc6O5)cc4)s3)cc2)cc1. The van der Waals surface area contributed by atoms with Crippen LogP contribution in [0.25, 0.3) is 32.0 Å². The van der Waals surface area contributed by atoms with Crippen LogP contribution >= 0.6 is 11.3 Å². The first-order chi connectivity index (χ1) is 15.8. The molecule has 2 heterocycles. The van der Waals surface area contributed by atoms with Gasteiger partial charge in [-0.1, -0.05) is 97.1 Å². The van der Waals surface area contributed by atoms with Gasteiger partial charge in [0.1, 0.15) is 11.9 Å². The summed E-state index contributed by atoms with van der Waals surface area (Å²) < 4.78 is 6.14.